The summed E-state index contributed by atoms with van der Waals surface area (Å²) in [6.45, 7) is 3.55. The molecule has 0 bridgehead atoms. The number of nitrogens with one attached hydrogen (secondary N) is 1. The van der Waals surface area contributed by atoms with Crippen molar-refractivity contribution < 1.29 is 32.6 Å². The quantitative estimate of drug-likeness (QED) is 0.721. The minimum Gasteiger partial charge on any atom is -0.495 e. The number of rotatable bonds is 6. The van der Waals surface area contributed by atoms with Crippen LogP contribution in [0.3, 0.4) is 0 Å². The second-order valence-electron chi connectivity index (χ2n) is 6.07. The van der Waals surface area contributed by atoms with Crippen LogP contribution < -0.4 is 9.46 Å². The molecular weight excluding hydrogens is 364 g/mol. The van der Waals surface area contributed by atoms with Crippen molar-refractivity contribution >= 4 is 21.9 Å². The van der Waals surface area contributed by atoms with Gasteiger partial charge in [0.2, 0.25) is 10.0 Å². The number of nitrogens with zero attached hydrogens (tertiary/aromatic N) is 1. The maximum Gasteiger partial charge on any atom is 0.328 e. The summed E-state index contributed by atoms with van der Waals surface area (Å²) in [6.07, 6.45) is 0. The summed E-state index contributed by atoms with van der Waals surface area (Å²) in [7, 11) is -2.58. The van der Waals surface area contributed by atoms with E-state index in [-0.39, 0.29) is 42.0 Å². The van der Waals surface area contributed by atoms with Crippen LogP contribution in [0.2, 0.25) is 0 Å². The SMILES string of the molecule is COc1ccc(C(=O)N2CCOCC2C(=O)O)cc1S(=O)(=O)NC(C)C. The Morgan fingerprint density at radius 3 is 2.65 bits per heavy atom. The van der Waals surface area contributed by atoms with Crippen molar-refractivity contribution in [3.8, 4) is 5.75 Å². The zero-order chi connectivity index (χ0) is 19.5. The van der Waals surface area contributed by atoms with Crippen LogP contribution in [0.15, 0.2) is 23.1 Å². The van der Waals surface area contributed by atoms with Crippen molar-refractivity contribution in [1.29, 1.82) is 0 Å². The molecule has 26 heavy (non-hydrogen) atoms. The molecule has 2 N–H and O–H groups in total. The van der Waals surface area contributed by atoms with Crippen LogP contribution in [0, 0.1) is 0 Å². The van der Waals surface area contributed by atoms with Gasteiger partial charge in [0, 0.05) is 18.2 Å². The molecule has 0 aliphatic carbocycles. The maximum atomic E-state index is 12.8. The molecule has 1 fully saturated rings. The minimum absolute atomic E-state index is 0.0584. The lowest BCUT2D eigenvalue weighted by atomic mass is 10.1. The first kappa shape index (κ1) is 20.1. The summed E-state index contributed by atoms with van der Waals surface area (Å²) in [5, 5.41) is 9.27. The van der Waals surface area contributed by atoms with Crippen molar-refractivity contribution in [3.05, 3.63) is 23.8 Å². The molecule has 1 aliphatic rings. The standard InChI is InChI=1S/C16H22N2O7S/c1-10(2)17-26(22,23)14-8-11(4-5-13(14)24-3)15(19)18-6-7-25-9-12(18)16(20)21/h4-5,8,10,12,17H,6-7,9H2,1-3H3,(H,20,21). The predicted octanol–water partition coefficient (Wildman–Crippen LogP) is 0.308. The van der Waals surface area contributed by atoms with E-state index in [1.807, 2.05) is 0 Å². The average Bonchev–Trinajstić information content (AvgIpc) is 2.59. The number of benzene rings is 1. The zero-order valence-electron chi connectivity index (χ0n) is 14.8. The molecule has 1 aliphatic heterocycles. The molecule has 1 amide bonds. The number of aliphatic carboxylic acids is 1. The molecule has 1 atom stereocenters. The molecule has 1 aromatic rings. The molecule has 0 aromatic heterocycles. The van der Waals surface area contributed by atoms with Crippen molar-refractivity contribution in [2.75, 3.05) is 26.9 Å². The van der Waals surface area contributed by atoms with Gasteiger partial charge in [-0.25, -0.2) is 17.9 Å². The van der Waals surface area contributed by atoms with Gasteiger partial charge in [0.1, 0.15) is 10.6 Å². The third kappa shape index (κ3) is 4.32. The van der Waals surface area contributed by atoms with E-state index in [1.54, 1.807) is 13.8 Å². The molecule has 1 heterocycles. The van der Waals surface area contributed by atoms with Gasteiger partial charge in [-0.05, 0) is 32.0 Å². The Balaban J connectivity index is 2.42. The molecule has 1 unspecified atom stereocenters. The highest BCUT2D eigenvalue weighted by molar-refractivity contribution is 7.89. The Bertz CT molecular complexity index is 792. The number of carboxylic acid groups (broad SMARTS) is 1. The molecule has 0 radical (unpaired) electrons. The van der Waals surface area contributed by atoms with Gasteiger partial charge in [0.05, 0.1) is 20.3 Å². The summed E-state index contributed by atoms with van der Waals surface area (Å²) >= 11 is 0. The zero-order valence-corrected chi connectivity index (χ0v) is 15.6. The van der Waals surface area contributed by atoms with E-state index in [0.29, 0.717) is 0 Å². The third-order valence-corrected chi connectivity index (χ3v) is 5.45. The molecular formula is C16H22N2O7S. The van der Waals surface area contributed by atoms with Crippen LogP contribution in [-0.2, 0) is 19.6 Å². The Morgan fingerprint density at radius 1 is 1.38 bits per heavy atom. The fraction of sp³-hybridized carbons (Fsp3) is 0.500. The Kier molecular flexibility index (Phi) is 6.21. The number of ether oxygens (including phenoxy) is 2. The van der Waals surface area contributed by atoms with Gasteiger partial charge in [0.25, 0.3) is 5.91 Å². The fourth-order valence-electron chi connectivity index (χ4n) is 2.61. The third-order valence-electron chi connectivity index (χ3n) is 3.77. The number of morpholine rings is 1. The highest BCUT2D eigenvalue weighted by Gasteiger charge is 2.34. The van der Waals surface area contributed by atoms with Crippen molar-refractivity contribution in [2.24, 2.45) is 0 Å². The first-order chi connectivity index (χ1) is 12.2. The van der Waals surface area contributed by atoms with Gasteiger partial charge in [0.15, 0.2) is 6.04 Å². The first-order valence-corrected chi connectivity index (χ1v) is 9.47. The summed E-state index contributed by atoms with van der Waals surface area (Å²) in [4.78, 5) is 25.1. The molecule has 0 saturated carbocycles. The van der Waals surface area contributed by atoms with E-state index in [4.69, 9.17) is 9.47 Å². The lowest BCUT2D eigenvalue weighted by Crippen LogP contribution is -2.52. The number of methoxy groups -OCH3 is 1. The van der Waals surface area contributed by atoms with Crippen molar-refractivity contribution in [2.45, 2.75) is 30.8 Å². The molecule has 144 valence electrons. The summed E-state index contributed by atoms with van der Waals surface area (Å²) in [6, 6.07) is 2.51. The number of carbonyl (C=O) groups is 2. The number of hydrogen-bond donors (Lipinski definition) is 2. The molecule has 1 saturated heterocycles. The van der Waals surface area contributed by atoms with Crippen LogP contribution in [-0.4, -0.2) is 69.3 Å². The normalized spacial score (nSPS) is 18.0. The second-order valence-corrected chi connectivity index (χ2v) is 7.75. The number of carbonyl (C=O) groups excluding carboxylic acids is 1. The Morgan fingerprint density at radius 2 is 2.08 bits per heavy atom. The van der Waals surface area contributed by atoms with E-state index in [1.165, 1.54) is 30.2 Å². The molecule has 2 rings (SSSR count). The van der Waals surface area contributed by atoms with Gasteiger partial charge >= 0.3 is 5.97 Å². The highest BCUT2D eigenvalue weighted by atomic mass is 32.2. The van der Waals surface area contributed by atoms with Crippen LogP contribution in [0.1, 0.15) is 24.2 Å². The largest absolute Gasteiger partial charge is 0.495 e. The summed E-state index contributed by atoms with van der Waals surface area (Å²) in [5.41, 5.74) is 0.0584. The van der Waals surface area contributed by atoms with Crippen LogP contribution >= 0.6 is 0 Å². The highest BCUT2D eigenvalue weighted by Crippen LogP contribution is 2.26. The Hall–Kier alpha value is -2.17. The molecule has 0 spiro atoms. The van der Waals surface area contributed by atoms with Gasteiger partial charge in [-0.3, -0.25) is 4.79 Å². The van der Waals surface area contributed by atoms with E-state index >= 15 is 0 Å². The number of carboxylic acids is 1. The Labute approximate surface area is 151 Å². The number of hydrogen-bond acceptors (Lipinski definition) is 6. The number of sulfonamides is 1. The van der Waals surface area contributed by atoms with E-state index in [0.717, 1.165) is 0 Å². The van der Waals surface area contributed by atoms with E-state index in [2.05, 4.69) is 4.72 Å². The van der Waals surface area contributed by atoms with Crippen LogP contribution in [0.4, 0.5) is 0 Å². The molecule has 9 nitrogen and oxygen atoms in total. The van der Waals surface area contributed by atoms with Crippen molar-refractivity contribution in [3.63, 3.8) is 0 Å². The average molecular weight is 386 g/mol. The van der Waals surface area contributed by atoms with Crippen LogP contribution in [0.25, 0.3) is 0 Å². The van der Waals surface area contributed by atoms with Crippen molar-refractivity contribution in [1.82, 2.24) is 9.62 Å². The maximum absolute atomic E-state index is 12.8. The van der Waals surface area contributed by atoms with E-state index in [9.17, 15) is 23.1 Å². The predicted molar refractivity (Wildman–Crippen MR) is 91.7 cm³/mol. The monoisotopic (exact) mass is 386 g/mol. The van der Waals surface area contributed by atoms with Gasteiger partial charge < -0.3 is 19.5 Å². The minimum atomic E-state index is -3.91. The van der Waals surface area contributed by atoms with Crippen LogP contribution in [0.5, 0.6) is 5.75 Å². The van der Waals surface area contributed by atoms with E-state index < -0.39 is 27.9 Å². The lowest BCUT2D eigenvalue weighted by molar-refractivity contribution is -0.147. The molecule has 1 aromatic carbocycles. The van der Waals surface area contributed by atoms with Gasteiger partial charge in [-0.1, -0.05) is 0 Å². The van der Waals surface area contributed by atoms with Gasteiger partial charge in [-0.15, -0.1) is 0 Å². The first-order valence-electron chi connectivity index (χ1n) is 7.99. The summed E-state index contributed by atoms with van der Waals surface area (Å²) < 4.78 is 37.7. The summed E-state index contributed by atoms with van der Waals surface area (Å²) in [5.74, 6) is -1.67. The topological polar surface area (TPSA) is 122 Å². The second kappa shape index (κ2) is 8.02. The van der Waals surface area contributed by atoms with Gasteiger partial charge in [-0.2, -0.15) is 0 Å². The fourth-order valence-corrected chi connectivity index (χ4v) is 4.06. The molecule has 10 heteroatoms. The number of amides is 1. The smallest absolute Gasteiger partial charge is 0.328 e. The lowest BCUT2D eigenvalue weighted by Gasteiger charge is -2.33.